The zero-order valence-electron chi connectivity index (χ0n) is 43.7. The molecular weight excluding hydrogens is 803 g/mol. The number of aliphatic hydroxyl groups is 2. The largest absolute Gasteiger partial charge is 0.466 e. The normalized spacial score (nSPS) is 12.7. The zero-order chi connectivity index (χ0) is 47.2. The molecule has 65 heavy (non-hydrogen) atoms. The van der Waals surface area contributed by atoms with Crippen LogP contribution in [0, 0.1) is 0 Å². The third-order valence-corrected chi connectivity index (χ3v) is 13.5. The molecule has 0 heterocycles. The molecule has 0 rings (SSSR count). The summed E-state index contributed by atoms with van der Waals surface area (Å²) in [5.74, 6) is -0.0424. The minimum atomic E-state index is -0.668. The third kappa shape index (κ3) is 51.6. The van der Waals surface area contributed by atoms with Gasteiger partial charge in [0.05, 0.1) is 25.4 Å². The number of rotatable bonds is 54. The third-order valence-electron chi connectivity index (χ3n) is 13.5. The first-order chi connectivity index (χ1) is 32.0. The minimum absolute atomic E-state index is 0.00353. The van der Waals surface area contributed by atoms with E-state index < -0.39 is 12.1 Å². The maximum atomic E-state index is 12.4. The average Bonchev–Trinajstić information content (AvgIpc) is 3.31. The number of aliphatic hydroxyl groups excluding tert-OH is 2. The van der Waals surface area contributed by atoms with Crippen LogP contribution in [0.1, 0.15) is 316 Å². The molecule has 0 fully saturated rings. The maximum absolute atomic E-state index is 12.4. The molecular formula is C59H113NO5. The van der Waals surface area contributed by atoms with Gasteiger partial charge in [-0.2, -0.15) is 0 Å². The van der Waals surface area contributed by atoms with E-state index in [0.29, 0.717) is 25.9 Å². The van der Waals surface area contributed by atoms with Gasteiger partial charge in [0.1, 0.15) is 0 Å². The summed E-state index contributed by atoms with van der Waals surface area (Å²) in [6.07, 6.45) is 66.1. The number of nitrogens with one attached hydrogen (secondary N) is 1. The summed E-state index contributed by atoms with van der Waals surface area (Å²) in [6, 6.07) is -0.547. The molecule has 384 valence electrons. The van der Waals surface area contributed by atoms with Crippen LogP contribution >= 0.6 is 0 Å². The fraction of sp³-hybridized carbons (Fsp3) is 0.898. The highest BCUT2D eigenvalue weighted by Gasteiger charge is 2.20. The fourth-order valence-electron chi connectivity index (χ4n) is 8.98. The second-order valence-corrected chi connectivity index (χ2v) is 20.0. The Kier molecular flexibility index (Phi) is 53.5. The Hall–Kier alpha value is -1.66. The molecule has 0 aliphatic heterocycles. The van der Waals surface area contributed by atoms with E-state index in [-0.39, 0.29) is 18.5 Å². The van der Waals surface area contributed by atoms with Gasteiger partial charge >= 0.3 is 5.97 Å². The first-order valence-electron chi connectivity index (χ1n) is 29.1. The molecule has 6 heteroatoms. The number of amides is 1. The first-order valence-corrected chi connectivity index (χ1v) is 29.1. The molecule has 1 amide bonds. The maximum Gasteiger partial charge on any atom is 0.305 e. The van der Waals surface area contributed by atoms with Gasteiger partial charge in [0.2, 0.25) is 5.91 Å². The molecule has 0 aliphatic rings. The molecule has 6 nitrogen and oxygen atoms in total. The molecule has 3 N–H and O–H groups in total. The van der Waals surface area contributed by atoms with Crippen LogP contribution in [0.5, 0.6) is 0 Å². The lowest BCUT2D eigenvalue weighted by molar-refractivity contribution is -0.143. The number of esters is 1. The van der Waals surface area contributed by atoms with Gasteiger partial charge in [0, 0.05) is 12.8 Å². The standard InChI is InChI=1S/C59H113NO5/c1-3-5-7-9-11-13-15-16-17-18-20-24-27-30-33-37-41-45-49-53-59(64)65-54-50-46-42-38-34-31-28-25-22-19-21-23-26-29-32-36-40-44-48-52-58(63)60-56(55-61)57(62)51-47-43-39-35-14-12-10-8-6-4-2/h16-17,19,21,56-57,61-62H,3-15,18,20,22-55H2,1-2H3,(H,60,63)/b17-16-,21-19-. The Bertz CT molecular complexity index is 1010. The van der Waals surface area contributed by atoms with Crippen molar-refractivity contribution >= 4 is 11.9 Å². The molecule has 0 radical (unpaired) electrons. The number of hydrogen-bond donors (Lipinski definition) is 3. The van der Waals surface area contributed by atoms with E-state index in [1.165, 1.54) is 238 Å². The Balaban J connectivity index is 3.40. The van der Waals surface area contributed by atoms with Gasteiger partial charge < -0.3 is 20.3 Å². The first kappa shape index (κ1) is 63.3. The monoisotopic (exact) mass is 916 g/mol. The topological polar surface area (TPSA) is 95.9 Å². The van der Waals surface area contributed by atoms with Gasteiger partial charge in [0.15, 0.2) is 0 Å². The van der Waals surface area contributed by atoms with E-state index in [1.54, 1.807) is 0 Å². The Morgan fingerprint density at radius 3 is 1.09 bits per heavy atom. The van der Waals surface area contributed by atoms with E-state index >= 15 is 0 Å². The van der Waals surface area contributed by atoms with Crippen molar-refractivity contribution in [1.82, 2.24) is 5.32 Å². The summed E-state index contributed by atoms with van der Waals surface area (Å²) in [7, 11) is 0. The van der Waals surface area contributed by atoms with Crippen molar-refractivity contribution in [3.8, 4) is 0 Å². The lowest BCUT2D eigenvalue weighted by Gasteiger charge is -2.22. The minimum Gasteiger partial charge on any atom is -0.466 e. The molecule has 2 atom stereocenters. The number of unbranched alkanes of at least 4 members (excludes halogenated alkanes) is 39. The Morgan fingerprint density at radius 1 is 0.415 bits per heavy atom. The molecule has 0 saturated carbocycles. The second kappa shape index (κ2) is 54.9. The highest BCUT2D eigenvalue weighted by atomic mass is 16.5. The average molecular weight is 917 g/mol. The van der Waals surface area contributed by atoms with Crippen molar-refractivity contribution in [2.45, 2.75) is 328 Å². The summed E-state index contributed by atoms with van der Waals surface area (Å²) in [4.78, 5) is 24.5. The van der Waals surface area contributed by atoms with Crippen molar-refractivity contribution in [3.63, 3.8) is 0 Å². The smallest absolute Gasteiger partial charge is 0.305 e. The molecule has 0 saturated heterocycles. The van der Waals surface area contributed by atoms with Gasteiger partial charge in [-0.05, 0) is 77.0 Å². The summed E-state index contributed by atoms with van der Waals surface area (Å²) in [5.41, 5.74) is 0. The van der Waals surface area contributed by atoms with Gasteiger partial charge in [-0.25, -0.2) is 0 Å². The highest BCUT2D eigenvalue weighted by Crippen LogP contribution is 2.16. The van der Waals surface area contributed by atoms with E-state index in [1.807, 2.05) is 0 Å². The summed E-state index contributed by atoms with van der Waals surface area (Å²) < 4.78 is 5.49. The van der Waals surface area contributed by atoms with E-state index in [2.05, 4.69) is 43.5 Å². The van der Waals surface area contributed by atoms with Crippen molar-refractivity contribution in [1.29, 1.82) is 0 Å². The number of allylic oxidation sites excluding steroid dienone is 4. The molecule has 0 aromatic rings. The summed E-state index contributed by atoms with van der Waals surface area (Å²) >= 11 is 0. The van der Waals surface area contributed by atoms with Crippen LogP contribution in [0.25, 0.3) is 0 Å². The SMILES string of the molecule is CCCCCCCC/C=C\CCCCCCCCCCCC(=O)OCCCCCCCCCC/C=C\CCCCCCCCCC(=O)NC(CO)C(O)CCCCCCCCCCCC. The van der Waals surface area contributed by atoms with Gasteiger partial charge in [-0.15, -0.1) is 0 Å². The van der Waals surface area contributed by atoms with Crippen molar-refractivity contribution in [2.75, 3.05) is 13.2 Å². The zero-order valence-corrected chi connectivity index (χ0v) is 43.7. The number of carbonyl (C=O) groups is 2. The van der Waals surface area contributed by atoms with Crippen LogP contribution in [0.4, 0.5) is 0 Å². The lowest BCUT2D eigenvalue weighted by atomic mass is 10.0. The van der Waals surface area contributed by atoms with Gasteiger partial charge in [0.25, 0.3) is 0 Å². The predicted octanol–water partition coefficient (Wildman–Crippen LogP) is 17.9. The van der Waals surface area contributed by atoms with Crippen LogP contribution < -0.4 is 5.32 Å². The van der Waals surface area contributed by atoms with Crippen molar-refractivity contribution in [2.24, 2.45) is 0 Å². The van der Waals surface area contributed by atoms with Crippen LogP contribution in [0.2, 0.25) is 0 Å². The van der Waals surface area contributed by atoms with Gasteiger partial charge in [-0.3, -0.25) is 9.59 Å². The predicted molar refractivity (Wildman–Crippen MR) is 283 cm³/mol. The molecule has 2 unspecified atom stereocenters. The van der Waals surface area contributed by atoms with Crippen LogP contribution in [0.3, 0.4) is 0 Å². The summed E-state index contributed by atoms with van der Waals surface area (Å²) in [6.45, 7) is 4.93. The molecule has 0 aromatic carbocycles. The van der Waals surface area contributed by atoms with E-state index in [0.717, 1.165) is 44.9 Å². The highest BCUT2D eigenvalue weighted by molar-refractivity contribution is 5.76. The molecule has 0 aromatic heterocycles. The van der Waals surface area contributed by atoms with Crippen molar-refractivity contribution in [3.05, 3.63) is 24.3 Å². The molecule has 0 aliphatic carbocycles. The van der Waals surface area contributed by atoms with Crippen LogP contribution in [-0.2, 0) is 14.3 Å². The fourth-order valence-corrected chi connectivity index (χ4v) is 8.98. The van der Waals surface area contributed by atoms with Gasteiger partial charge in [-0.1, -0.05) is 250 Å². The van der Waals surface area contributed by atoms with Crippen LogP contribution in [0.15, 0.2) is 24.3 Å². The molecule has 0 spiro atoms. The van der Waals surface area contributed by atoms with E-state index in [4.69, 9.17) is 4.74 Å². The second-order valence-electron chi connectivity index (χ2n) is 20.0. The van der Waals surface area contributed by atoms with E-state index in [9.17, 15) is 19.8 Å². The Morgan fingerprint density at radius 2 is 0.723 bits per heavy atom. The quantitative estimate of drug-likeness (QED) is 0.0321. The lowest BCUT2D eigenvalue weighted by Crippen LogP contribution is -2.45. The molecule has 0 bridgehead atoms. The Labute approximate surface area is 405 Å². The van der Waals surface area contributed by atoms with Crippen LogP contribution in [-0.4, -0.2) is 47.4 Å². The summed E-state index contributed by atoms with van der Waals surface area (Å²) in [5, 5.41) is 23.1. The number of ether oxygens (including phenoxy) is 1. The number of hydrogen-bond acceptors (Lipinski definition) is 5. The van der Waals surface area contributed by atoms with Crippen molar-refractivity contribution < 1.29 is 24.5 Å². The number of carbonyl (C=O) groups excluding carboxylic acids is 2.